The summed E-state index contributed by atoms with van der Waals surface area (Å²) in [6, 6.07) is 0. The largest absolute Gasteiger partial charge is 0.459 e. The summed E-state index contributed by atoms with van der Waals surface area (Å²) in [6.07, 6.45) is 5.03. The van der Waals surface area contributed by atoms with E-state index in [1.165, 1.54) is 13.8 Å². The van der Waals surface area contributed by atoms with Crippen LogP contribution < -0.4 is 0 Å². The van der Waals surface area contributed by atoms with E-state index in [0.717, 1.165) is 39.0 Å². The van der Waals surface area contributed by atoms with Crippen molar-refractivity contribution < 1.29 is 23.4 Å². The van der Waals surface area contributed by atoms with Gasteiger partial charge < -0.3 is 9.84 Å². The Kier molecular flexibility index (Phi) is 3.83. The smallest absolute Gasteiger partial charge is 0.306 e. The van der Waals surface area contributed by atoms with Crippen LogP contribution in [0, 0.1) is 17.3 Å². The summed E-state index contributed by atoms with van der Waals surface area (Å²) in [6.45, 7) is 3.86. The molecule has 4 bridgehead atoms. The third-order valence-electron chi connectivity index (χ3n) is 6.45. The molecular formula is C18H28F2O3. The molecule has 3 nitrogen and oxygen atoms in total. The van der Waals surface area contributed by atoms with Gasteiger partial charge in [0.25, 0.3) is 0 Å². The zero-order valence-electron chi connectivity index (χ0n) is 14.3. The van der Waals surface area contributed by atoms with Gasteiger partial charge in [0, 0.05) is 18.3 Å². The molecule has 0 aromatic carbocycles. The first-order valence-electron chi connectivity index (χ1n) is 8.74. The number of ether oxygens (including phenoxy) is 1. The first-order valence-corrected chi connectivity index (χ1v) is 8.74. The highest BCUT2D eigenvalue weighted by Crippen LogP contribution is 2.59. The van der Waals surface area contributed by atoms with Crippen molar-refractivity contribution in [2.24, 2.45) is 17.3 Å². The summed E-state index contributed by atoms with van der Waals surface area (Å²) in [5.41, 5.74) is -2.46. The highest BCUT2D eigenvalue weighted by molar-refractivity contribution is 5.70. The normalized spacial score (nSPS) is 39.6. The van der Waals surface area contributed by atoms with Gasteiger partial charge in [0.2, 0.25) is 5.92 Å². The van der Waals surface area contributed by atoms with Crippen molar-refractivity contribution in [1.82, 2.24) is 0 Å². The summed E-state index contributed by atoms with van der Waals surface area (Å²) >= 11 is 0. The first-order chi connectivity index (χ1) is 10.4. The van der Waals surface area contributed by atoms with Crippen molar-refractivity contribution in [3.8, 4) is 0 Å². The summed E-state index contributed by atoms with van der Waals surface area (Å²) in [5.74, 6) is -2.35. The minimum absolute atomic E-state index is 0.00589. The van der Waals surface area contributed by atoms with Crippen molar-refractivity contribution in [3.05, 3.63) is 0 Å². The Balaban J connectivity index is 1.60. The van der Waals surface area contributed by atoms with Crippen molar-refractivity contribution in [2.45, 2.75) is 89.3 Å². The molecular weight excluding hydrogens is 302 g/mol. The lowest BCUT2D eigenvalue weighted by Gasteiger charge is -2.59. The highest BCUT2D eigenvalue weighted by Gasteiger charge is 2.59. The number of hydrogen-bond donors (Lipinski definition) is 1. The van der Waals surface area contributed by atoms with E-state index in [4.69, 9.17) is 4.74 Å². The molecule has 0 saturated heterocycles. The number of hydrogen-bond acceptors (Lipinski definition) is 3. The van der Waals surface area contributed by atoms with Gasteiger partial charge in [-0.3, -0.25) is 4.79 Å². The zero-order chi connectivity index (χ0) is 17.1. The minimum Gasteiger partial charge on any atom is -0.459 e. The molecule has 4 saturated carbocycles. The van der Waals surface area contributed by atoms with Crippen LogP contribution in [-0.2, 0) is 9.53 Å². The van der Waals surface area contributed by atoms with Crippen LogP contribution >= 0.6 is 0 Å². The molecule has 4 aliphatic carbocycles. The number of alkyl halides is 2. The van der Waals surface area contributed by atoms with Gasteiger partial charge in [-0.15, -0.1) is 0 Å². The molecule has 0 heterocycles. The zero-order valence-corrected chi connectivity index (χ0v) is 14.3. The molecule has 132 valence electrons. The van der Waals surface area contributed by atoms with Crippen LogP contribution in [0.5, 0.6) is 0 Å². The van der Waals surface area contributed by atoms with Gasteiger partial charge in [0.1, 0.15) is 5.60 Å². The lowest BCUT2D eigenvalue weighted by Crippen LogP contribution is -2.60. The van der Waals surface area contributed by atoms with Crippen LogP contribution in [0.1, 0.15) is 72.1 Å². The average molecular weight is 330 g/mol. The monoisotopic (exact) mass is 330 g/mol. The predicted molar refractivity (Wildman–Crippen MR) is 82.1 cm³/mol. The number of carbonyl (C=O) groups excluding carboxylic acids is 1. The molecule has 5 heteroatoms. The molecule has 0 amide bonds. The Bertz CT molecular complexity index is 481. The summed E-state index contributed by atoms with van der Waals surface area (Å²) < 4.78 is 32.8. The van der Waals surface area contributed by atoms with Crippen LogP contribution in [0.15, 0.2) is 0 Å². The maximum Gasteiger partial charge on any atom is 0.306 e. The number of rotatable bonds is 5. The number of carbonyl (C=O) groups is 1. The van der Waals surface area contributed by atoms with Gasteiger partial charge in [-0.25, -0.2) is 8.78 Å². The Morgan fingerprint density at radius 3 is 2.22 bits per heavy atom. The van der Waals surface area contributed by atoms with E-state index in [0.29, 0.717) is 18.3 Å². The summed E-state index contributed by atoms with van der Waals surface area (Å²) in [7, 11) is 0. The van der Waals surface area contributed by atoms with E-state index < -0.39 is 28.5 Å². The topological polar surface area (TPSA) is 46.5 Å². The van der Waals surface area contributed by atoms with Crippen molar-refractivity contribution >= 4 is 5.97 Å². The standard InChI is InChI=1S/C18H28F2O3/c1-15(2,16(3,19)20)5-4-14(21)23-18-9-12-6-13(10-18)8-17(22,7-12)11-18/h12-13,22H,4-11H2,1-3H3. The Hall–Kier alpha value is -0.710. The molecule has 23 heavy (non-hydrogen) atoms. The molecule has 2 unspecified atom stereocenters. The Morgan fingerprint density at radius 2 is 1.74 bits per heavy atom. The minimum atomic E-state index is -2.83. The number of esters is 1. The maximum atomic E-state index is 13.5. The van der Waals surface area contributed by atoms with Crippen molar-refractivity contribution in [2.75, 3.05) is 0 Å². The molecule has 0 radical (unpaired) electrons. The van der Waals surface area contributed by atoms with Gasteiger partial charge in [0.15, 0.2) is 0 Å². The second-order valence-corrected chi connectivity index (χ2v) is 9.11. The molecule has 0 aliphatic heterocycles. The van der Waals surface area contributed by atoms with E-state index >= 15 is 0 Å². The third-order valence-corrected chi connectivity index (χ3v) is 6.45. The van der Waals surface area contributed by atoms with E-state index in [1.54, 1.807) is 0 Å². The maximum absolute atomic E-state index is 13.5. The van der Waals surface area contributed by atoms with Crippen LogP contribution in [0.2, 0.25) is 0 Å². The molecule has 2 atom stereocenters. The van der Waals surface area contributed by atoms with E-state index in [9.17, 15) is 18.7 Å². The molecule has 0 aromatic heterocycles. The van der Waals surface area contributed by atoms with Crippen molar-refractivity contribution in [1.29, 1.82) is 0 Å². The number of aliphatic hydroxyl groups is 1. The fraction of sp³-hybridized carbons (Fsp3) is 0.944. The third kappa shape index (κ3) is 3.26. The molecule has 4 aliphatic rings. The lowest BCUT2D eigenvalue weighted by atomic mass is 9.52. The van der Waals surface area contributed by atoms with Gasteiger partial charge >= 0.3 is 5.97 Å². The van der Waals surface area contributed by atoms with E-state index in [1.807, 2.05) is 0 Å². The Labute approximate surface area is 136 Å². The number of halogens is 2. The molecule has 1 N–H and O–H groups in total. The highest BCUT2D eigenvalue weighted by atomic mass is 19.3. The average Bonchev–Trinajstić information content (AvgIpc) is 2.31. The predicted octanol–water partition coefficient (Wildman–Crippen LogP) is 4.07. The van der Waals surface area contributed by atoms with E-state index in [-0.39, 0.29) is 12.8 Å². The first kappa shape index (κ1) is 17.1. The lowest BCUT2D eigenvalue weighted by molar-refractivity contribution is -0.220. The van der Waals surface area contributed by atoms with Crippen LogP contribution in [0.25, 0.3) is 0 Å². The van der Waals surface area contributed by atoms with Crippen LogP contribution in [0.4, 0.5) is 8.78 Å². The van der Waals surface area contributed by atoms with Gasteiger partial charge in [-0.2, -0.15) is 0 Å². The summed E-state index contributed by atoms with van der Waals surface area (Å²) in [4.78, 5) is 12.3. The Morgan fingerprint density at radius 1 is 1.17 bits per heavy atom. The molecule has 0 spiro atoms. The quantitative estimate of drug-likeness (QED) is 0.773. The van der Waals surface area contributed by atoms with Gasteiger partial charge in [0.05, 0.1) is 5.60 Å². The van der Waals surface area contributed by atoms with Crippen molar-refractivity contribution in [3.63, 3.8) is 0 Å². The fourth-order valence-corrected chi connectivity index (χ4v) is 5.18. The molecule has 0 aromatic rings. The van der Waals surface area contributed by atoms with Gasteiger partial charge in [-0.05, 0) is 57.3 Å². The van der Waals surface area contributed by atoms with Gasteiger partial charge in [-0.1, -0.05) is 13.8 Å². The van der Waals surface area contributed by atoms with Crippen LogP contribution in [0.3, 0.4) is 0 Å². The second kappa shape index (κ2) is 5.14. The summed E-state index contributed by atoms with van der Waals surface area (Å²) in [5, 5.41) is 10.7. The second-order valence-electron chi connectivity index (χ2n) is 9.11. The molecule has 4 rings (SSSR count). The van der Waals surface area contributed by atoms with E-state index in [2.05, 4.69) is 0 Å². The van der Waals surface area contributed by atoms with Crippen LogP contribution in [-0.4, -0.2) is 28.2 Å². The fourth-order valence-electron chi connectivity index (χ4n) is 5.18. The SMILES string of the molecule is CC(F)(F)C(C)(C)CCC(=O)OC12CC3CC(CC(O)(C3)C1)C2. The molecule has 4 fully saturated rings.